The quantitative estimate of drug-likeness (QED) is 0.174. The van der Waals surface area contributed by atoms with E-state index < -0.39 is 23.8 Å². The molecule has 1 atom stereocenters. The molecule has 0 aromatic carbocycles. The highest BCUT2D eigenvalue weighted by Gasteiger charge is 2.41. The highest BCUT2D eigenvalue weighted by atomic mass is 16.2. The number of amides is 4. The van der Waals surface area contributed by atoms with Crippen molar-refractivity contribution in [1.29, 1.82) is 0 Å². The molecule has 0 bridgehead atoms. The molecule has 4 amide bonds. The van der Waals surface area contributed by atoms with Crippen LogP contribution >= 0.6 is 0 Å². The van der Waals surface area contributed by atoms with Crippen LogP contribution in [0.4, 0.5) is 4.79 Å². The fourth-order valence-corrected chi connectivity index (χ4v) is 2.51. The van der Waals surface area contributed by atoms with E-state index in [1.807, 2.05) is 0 Å². The molecule has 1 heterocycles. The molecular formula is C16H28N5O3+. The van der Waals surface area contributed by atoms with Crippen LogP contribution in [0.3, 0.4) is 0 Å². The number of hydrogen-bond acceptors (Lipinski definition) is 5. The van der Waals surface area contributed by atoms with Crippen LogP contribution in [0, 0.1) is 5.92 Å². The Bertz CT molecular complexity index is 514. The van der Waals surface area contributed by atoms with Crippen LogP contribution in [0.2, 0.25) is 0 Å². The lowest BCUT2D eigenvalue weighted by atomic mass is 10.0. The Labute approximate surface area is 142 Å². The second-order valence-corrected chi connectivity index (χ2v) is 5.47. The summed E-state index contributed by atoms with van der Waals surface area (Å²) in [5.74, 6) is -2.25. The van der Waals surface area contributed by atoms with Gasteiger partial charge in [0.15, 0.2) is 5.92 Å². The van der Waals surface area contributed by atoms with E-state index in [4.69, 9.17) is 0 Å². The van der Waals surface area contributed by atoms with Crippen LogP contribution in [-0.2, 0) is 9.59 Å². The van der Waals surface area contributed by atoms with Gasteiger partial charge < -0.3 is 10.3 Å². The smallest absolute Gasteiger partial charge is 0.331 e. The predicted molar refractivity (Wildman–Crippen MR) is 90.7 cm³/mol. The number of carbonyl (C=O) groups excluding carboxylic acids is 3. The minimum Gasteiger partial charge on any atom is -0.334 e. The van der Waals surface area contributed by atoms with Crippen molar-refractivity contribution in [2.75, 3.05) is 32.7 Å². The Balaban J connectivity index is 2.69. The van der Waals surface area contributed by atoms with Crippen LogP contribution in [-0.4, -0.2) is 55.5 Å². The Morgan fingerprint density at radius 1 is 1.33 bits per heavy atom. The Morgan fingerprint density at radius 3 is 2.54 bits per heavy atom. The SMILES string of the molecule is C=CCN1C(=O)NC(=O)[C@@H](/C(=C\C)NNCC[NH+](CC)CC)C1=O. The lowest BCUT2D eigenvalue weighted by molar-refractivity contribution is -0.895. The molecule has 24 heavy (non-hydrogen) atoms. The maximum absolute atomic E-state index is 12.5. The van der Waals surface area contributed by atoms with Crippen molar-refractivity contribution < 1.29 is 19.3 Å². The molecule has 134 valence electrons. The van der Waals surface area contributed by atoms with Crippen molar-refractivity contribution in [2.45, 2.75) is 20.8 Å². The minimum atomic E-state index is -1.07. The van der Waals surface area contributed by atoms with Gasteiger partial charge in [0.1, 0.15) is 0 Å². The summed E-state index contributed by atoms with van der Waals surface area (Å²) >= 11 is 0. The topological polar surface area (TPSA) is 95.0 Å². The first-order valence-electron chi connectivity index (χ1n) is 8.25. The van der Waals surface area contributed by atoms with Gasteiger partial charge in [0.2, 0.25) is 11.8 Å². The number of hydrogen-bond donors (Lipinski definition) is 4. The summed E-state index contributed by atoms with van der Waals surface area (Å²) in [5, 5.41) is 2.20. The lowest BCUT2D eigenvalue weighted by Crippen LogP contribution is -3.12. The molecule has 1 rings (SSSR count). The molecule has 1 aliphatic rings. The van der Waals surface area contributed by atoms with E-state index in [-0.39, 0.29) is 6.54 Å². The van der Waals surface area contributed by atoms with Crippen molar-refractivity contribution in [3.8, 4) is 0 Å². The Hall–Kier alpha value is -2.19. The van der Waals surface area contributed by atoms with Gasteiger partial charge in [-0.1, -0.05) is 12.2 Å². The van der Waals surface area contributed by atoms with Crippen molar-refractivity contribution in [2.24, 2.45) is 5.92 Å². The van der Waals surface area contributed by atoms with E-state index in [2.05, 4.69) is 36.6 Å². The lowest BCUT2D eigenvalue weighted by Gasteiger charge is -2.31. The zero-order chi connectivity index (χ0) is 18.1. The number of urea groups is 1. The molecule has 0 radical (unpaired) electrons. The first-order chi connectivity index (χ1) is 11.5. The normalized spacial score (nSPS) is 18.8. The molecule has 8 nitrogen and oxygen atoms in total. The van der Waals surface area contributed by atoms with Crippen LogP contribution in [0.1, 0.15) is 20.8 Å². The molecule has 1 aliphatic heterocycles. The zero-order valence-corrected chi connectivity index (χ0v) is 14.6. The van der Waals surface area contributed by atoms with Crippen molar-refractivity contribution >= 4 is 17.8 Å². The first kappa shape index (κ1) is 19.9. The van der Waals surface area contributed by atoms with Gasteiger partial charge in [0, 0.05) is 12.2 Å². The zero-order valence-electron chi connectivity index (χ0n) is 14.6. The maximum atomic E-state index is 12.5. The van der Waals surface area contributed by atoms with E-state index in [1.165, 1.54) is 11.0 Å². The molecule has 0 aromatic rings. The molecule has 0 aromatic heterocycles. The van der Waals surface area contributed by atoms with Crippen molar-refractivity contribution in [3.05, 3.63) is 24.4 Å². The molecule has 4 N–H and O–H groups in total. The molecular weight excluding hydrogens is 310 g/mol. The monoisotopic (exact) mass is 338 g/mol. The van der Waals surface area contributed by atoms with E-state index in [1.54, 1.807) is 13.0 Å². The molecule has 0 saturated carbocycles. The number of quaternary nitrogens is 1. The first-order valence-corrected chi connectivity index (χ1v) is 8.25. The van der Waals surface area contributed by atoms with Crippen molar-refractivity contribution in [1.82, 2.24) is 21.1 Å². The van der Waals surface area contributed by atoms with Crippen LogP contribution in [0.15, 0.2) is 24.4 Å². The summed E-state index contributed by atoms with van der Waals surface area (Å²) < 4.78 is 0. The molecule has 8 heteroatoms. The number of allylic oxidation sites excluding steroid dienone is 1. The standard InChI is InChI=1S/C16H27N5O3/c1-5-10-21-15(23)13(14(22)18-16(21)24)12(6-2)19-17-9-11-20(7-3)8-4/h5-6,13,17,19H,1,7-11H2,2-4H3,(H,18,22,24)/p+1/b12-6+/t13-/m1/s1. The van der Waals surface area contributed by atoms with Crippen molar-refractivity contribution in [3.63, 3.8) is 0 Å². The third-order valence-electron chi connectivity index (χ3n) is 4.02. The van der Waals surface area contributed by atoms with Crippen LogP contribution in [0.5, 0.6) is 0 Å². The number of likely N-dealkylation sites (N-methyl/N-ethyl adjacent to an activating group) is 1. The van der Waals surface area contributed by atoms with Gasteiger partial charge in [-0.3, -0.25) is 19.8 Å². The number of nitrogens with one attached hydrogen (secondary N) is 4. The third-order valence-corrected chi connectivity index (χ3v) is 4.02. The van der Waals surface area contributed by atoms with Crippen LogP contribution in [0.25, 0.3) is 0 Å². The molecule has 1 fully saturated rings. The second kappa shape index (κ2) is 9.84. The van der Waals surface area contributed by atoms with E-state index in [0.717, 1.165) is 24.5 Å². The number of rotatable bonds is 10. The number of barbiturate groups is 1. The number of imide groups is 2. The summed E-state index contributed by atoms with van der Waals surface area (Å²) in [6, 6.07) is -0.713. The van der Waals surface area contributed by atoms with Gasteiger partial charge in [-0.2, -0.15) is 0 Å². The summed E-state index contributed by atoms with van der Waals surface area (Å²) in [6.07, 6.45) is 3.10. The van der Waals surface area contributed by atoms with Crippen LogP contribution < -0.4 is 21.1 Å². The average molecular weight is 338 g/mol. The van der Waals surface area contributed by atoms with Gasteiger partial charge in [-0.15, -0.1) is 6.58 Å². The number of nitrogens with zero attached hydrogens (tertiary/aromatic N) is 1. The minimum absolute atomic E-state index is 0.0597. The molecule has 0 unspecified atom stereocenters. The van der Waals surface area contributed by atoms with E-state index >= 15 is 0 Å². The number of carbonyl (C=O) groups is 3. The Morgan fingerprint density at radius 2 is 2.00 bits per heavy atom. The van der Waals surface area contributed by atoms with E-state index in [9.17, 15) is 14.4 Å². The van der Waals surface area contributed by atoms with Gasteiger partial charge in [-0.05, 0) is 20.8 Å². The summed E-state index contributed by atoms with van der Waals surface area (Å²) in [7, 11) is 0. The highest BCUT2D eigenvalue weighted by Crippen LogP contribution is 2.17. The highest BCUT2D eigenvalue weighted by molar-refractivity contribution is 6.17. The second-order valence-electron chi connectivity index (χ2n) is 5.47. The Kier molecular flexibility index (Phi) is 8.14. The number of hydrazine groups is 1. The maximum Gasteiger partial charge on any atom is 0.331 e. The summed E-state index contributed by atoms with van der Waals surface area (Å²) in [4.78, 5) is 38.7. The van der Waals surface area contributed by atoms with Gasteiger partial charge >= 0.3 is 6.03 Å². The van der Waals surface area contributed by atoms with Gasteiger partial charge in [0.05, 0.1) is 26.2 Å². The molecule has 0 spiro atoms. The van der Waals surface area contributed by atoms with E-state index in [0.29, 0.717) is 12.2 Å². The molecule has 1 saturated heterocycles. The average Bonchev–Trinajstić information content (AvgIpc) is 2.56. The van der Waals surface area contributed by atoms with Gasteiger partial charge in [0.25, 0.3) is 0 Å². The third kappa shape index (κ3) is 4.90. The fraction of sp³-hybridized carbons (Fsp3) is 0.562. The fourth-order valence-electron chi connectivity index (χ4n) is 2.51. The predicted octanol–water partition coefficient (Wildman–Crippen LogP) is -1.21. The van der Waals surface area contributed by atoms with Gasteiger partial charge in [-0.25, -0.2) is 10.2 Å². The largest absolute Gasteiger partial charge is 0.334 e. The summed E-state index contributed by atoms with van der Waals surface area (Å²) in [6.45, 7) is 13.2. The summed E-state index contributed by atoms with van der Waals surface area (Å²) in [5.41, 5.74) is 6.39. The molecule has 0 aliphatic carbocycles.